The highest BCUT2D eigenvalue weighted by atomic mass is 16.2. The van der Waals surface area contributed by atoms with Crippen LogP contribution >= 0.6 is 0 Å². The lowest BCUT2D eigenvalue weighted by molar-refractivity contribution is -0.133. The third-order valence-electron chi connectivity index (χ3n) is 4.84. The molecule has 0 saturated heterocycles. The lowest BCUT2D eigenvalue weighted by Gasteiger charge is -2.32. The number of carbonyl (C=O) groups excluding carboxylic acids is 3. The molecule has 0 fully saturated rings. The van der Waals surface area contributed by atoms with E-state index in [4.69, 9.17) is 5.73 Å². The Morgan fingerprint density at radius 3 is 2.36 bits per heavy atom. The van der Waals surface area contributed by atoms with Gasteiger partial charge in [0.25, 0.3) is 5.91 Å². The molecule has 0 saturated carbocycles. The molecule has 0 aliphatic heterocycles. The molecule has 0 radical (unpaired) electrons. The van der Waals surface area contributed by atoms with Crippen LogP contribution in [0.5, 0.6) is 0 Å². The van der Waals surface area contributed by atoms with E-state index in [0.29, 0.717) is 32.2 Å². The molecule has 0 aliphatic carbocycles. The minimum Gasteiger partial charge on any atom is -0.366 e. The molecule has 3 amide bonds. The molecule has 156 valence electrons. The van der Waals surface area contributed by atoms with Gasteiger partial charge in [0.2, 0.25) is 11.8 Å². The van der Waals surface area contributed by atoms with Gasteiger partial charge < -0.3 is 16.4 Å². The fourth-order valence-corrected chi connectivity index (χ4v) is 3.08. The zero-order valence-electron chi connectivity index (χ0n) is 17.2. The number of hydrogen-bond donors (Lipinski definition) is 4. The molecule has 2 unspecified atom stereocenters. The summed E-state index contributed by atoms with van der Waals surface area (Å²) in [5.41, 5.74) is 5.36. The topological polar surface area (TPSA) is 113 Å². The number of hydrogen-bond acceptors (Lipinski definition) is 4. The van der Waals surface area contributed by atoms with Crippen LogP contribution in [0, 0.1) is 0 Å². The van der Waals surface area contributed by atoms with Crippen molar-refractivity contribution in [1.82, 2.24) is 16.0 Å². The standard InChI is InChI=1S/C21H34N4O3/c1-4-10-18(26)24-14-9-8-13-21(23-3,20(22)28)25-19(27)15-16(2)17-11-6-5-7-12-17/h5-7,11-12,16,23H,4,8-10,13-15H2,1-3H3,(H2,22,28)(H,24,26)(H,25,27). The van der Waals surface area contributed by atoms with Crippen LogP contribution in [0.2, 0.25) is 0 Å². The van der Waals surface area contributed by atoms with Crippen molar-refractivity contribution >= 4 is 17.7 Å². The van der Waals surface area contributed by atoms with Gasteiger partial charge >= 0.3 is 0 Å². The summed E-state index contributed by atoms with van der Waals surface area (Å²) in [6.07, 6.45) is 3.26. The molecule has 5 N–H and O–H groups in total. The van der Waals surface area contributed by atoms with Crippen LogP contribution in [-0.4, -0.2) is 37.0 Å². The molecule has 0 aliphatic rings. The van der Waals surface area contributed by atoms with Crippen LogP contribution in [0.4, 0.5) is 0 Å². The van der Waals surface area contributed by atoms with Gasteiger partial charge in [0, 0.05) is 19.4 Å². The Bertz CT molecular complexity index is 636. The quantitative estimate of drug-likeness (QED) is 0.304. The van der Waals surface area contributed by atoms with E-state index >= 15 is 0 Å². The van der Waals surface area contributed by atoms with Crippen LogP contribution in [0.3, 0.4) is 0 Å². The second-order valence-electron chi connectivity index (χ2n) is 7.14. The molecular weight excluding hydrogens is 356 g/mol. The first kappa shape index (κ1) is 23.6. The first-order valence-corrected chi connectivity index (χ1v) is 9.96. The molecule has 1 rings (SSSR count). The van der Waals surface area contributed by atoms with Crippen molar-refractivity contribution in [3.63, 3.8) is 0 Å². The normalized spacial score (nSPS) is 14.0. The minimum absolute atomic E-state index is 0.0254. The smallest absolute Gasteiger partial charge is 0.258 e. The summed E-state index contributed by atoms with van der Waals surface area (Å²) in [7, 11) is 1.61. The number of nitrogens with one attached hydrogen (secondary N) is 3. The van der Waals surface area contributed by atoms with Crippen LogP contribution < -0.4 is 21.7 Å². The fourth-order valence-electron chi connectivity index (χ4n) is 3.08. The average molecular weight is 391 g/mol. The first-order valence-electron chi connectivity index (χ1n) is 9.96. The highest BCUT2D eigenvalue weighted by Crippen LogP contribution is 2.19. The molecule has 7 heteroatoms. The van der Waals surface area contributed by atoms with Crippen molar-refractivity contribution in [3.8, 4) is 0 Å². The number of rotatable bonds is 13. The summed E-state index contributed by atoms with van der Waals surface area (Å²) in [4.78, 5) is 36.1. The molecule has 1 aromatic rings. The van der Waals surface area contributed by atoms with Gasteiger partial charge in [-0.25, -0.2) is 0 Å². The number of amides is 3. The monoisotopic (exact) mass is 390 g/mol. The molecule has 1 aromatic carbocycles. The van der Waals surface area contributed by atoms with Gasteiger partial charge in [0.1, 0.15) is 0 Å². The molecule has 0 heterocycles. The van der Waals surface area contributed by atoms with E-state index in [1.165, 1.54) is 0 Å². The molecule has 0 spiro atoms. The van der Waals surface area contributed by atoms with Gasteiger partial charge in [0.15, 0.2) is 5.66 Å². The van der Waals surface area contributed by atoms with Crippen molar-refractivity contribution < 1.29 is 14.4 Å². The van der Waals surface area contributed by atoms with Crippen molar-refractivity contribution in [2.75, 3.05) is 13.6 Å². The van der Waals surface area contributed by atoms with E-state index in [2.05, 4.69) is 16.0 Å². The summed E-state index contributed by atoms with van der Waals surface area (Å²) < 4.78 is 0. The van der Waals surface area contributed by atoms with Gasteiger partial charge in [-0.05, 0) is 44.2 Å². The number of unbranched alkanes of at least 4 members (excludes halogenated alkanes) is 1. The highest BCUT2D eigenvalue weighted by Gasteiger charge is 2.36. The third-order valence-corrected chi connectivity index (χ3v) is 4.84. The second-order valence-corrected chi connectivity index (χ2v) is 7.14. The van der Waals surface area contributed by atoms with E-state index in [-0.39, 0.29) is 24.2 Å². The molecule has 7 nitrogen and oxygen atoms in total. The van der Waals surface area contributed by atoms with Crippen LogP contribution in [-0.2, 0) is 14.4 Å². The zero-order valence-corrected chi connectivity index (χ0v) is 17.2. The van der Waals surface area contributed by atoms with Gasteiger partial charge in [0.05, 0.1) is 0 Å². The second kappa shape index (κ2) is 12.1. The van der Waals surface area contributed by atoms with E-state index in [9.17, 15) is 14.4 Å². The van der Waals surface area contributed by atoms with Crippen LogP contribution in [0.1, 0.15) is 63.9 Å². The summed E-state index contributed by atoms with van der Waals surface area (Å²) in [5, 5.41) is 8.51. The summed E-state index contributed by atoms with van der Waals surface area (Å²) in [6.45, 7) is 4.46. The first-order chi connectivity index (χ1) is 13.3. The van der Waals surface area contributed by atoms with Crippen LogP contribution in [0.15, 0.2) is 30.3 Å². The Morgan fingerprint density at radius 2 is 1.79 bits per heavy atom. The predicted octanol–water partition coefficient (Wildman–Crippen LogP) is 1.78. The fraction of sp³-hybridized carbons (Fsp3) is 0.571. The largest absolute Gasteiger partial charge is 0.366 e. The highest BCUT2D eigenvalue weighted by molar-refractivity contribution is 5.90. The maximum Gasteiger partial charge on any atom is 0.258 e. The Hall–Kier alpha value is -2.41. The van der Waals surface area contributed by atoms with Crippen LogP contribution in [0.25, 0.3) is 0 Å². The van der Waals surface area contributed by atoms with E-state index in [1.807, 2.05) is 44.2 Å². The van der Waals surface area contributed by atoms with Gasteiger partial charge in [-0.15, -0.1) is 0 Å². The van der Waals surface area contributed by atoms with Crippen molar-refractivity contribution in [2.45, 2.75) is 64.0 Å². The Kier molecular flexibility index (Phi) is 10.2. The third kappa shape index (κ3) is 7.68. The Balaban J connectivity index is 2.57. The zero-order chi connectivity index (χ0) is 21.0. The summed E-state index contributed by atoms with van der Waals surface area (Å²) >= 11 is 0. The SMILES string of the molecule is CCCC(=O)NCCCCC(NC)(NC(=O)CC(C)c1ccccc1)C(N)=O. The number of carbonyl (C=O) groups is 3. The van der Waals surface area contributed by atoms with Crippen molar-refractivity contribution in [1.29, 1.82) is 0 Å². The van der Waals surface area contributed by atoms with Gasteiger partial charge in [-0.1, -0.05) is 44.2 Å². The van der Waals surface area contributed by atoms with Gasteiger partial charge in [-0.2, -0.15) is 0 Å². The number of nitrogens with two attached hydrogens (primary N) is 1. The summed E-state index contributed by atoms with van der Waals surface area (Å²) in [6, 6.07) is 9.75. The molecule has 0 bridgehead atoms. The van der Waals surface area contributed by atoms with E-state index in [1.54, 1.807) is 7.05 Å². The lowest BCUT2D eigenvalue weighted by Crippen LogP contribution is -2.65. The molecule has 28 heavy (non-hydrogen) atoms. The molecular formula is C21H34N4O3. The number of likely N-dealkylation sites (N-methyl/N-ethyl adjacent to an activating group) is 1. The average Bonchev–Trinajstić information content (AvgIpc) is 2.67. The Labute approximate surface area is 167 Å². The number of benzene rings is 1. The maximum atomic E-state index is 12.5. The summed E-state index contributed by atoms with van der Waals surface area (Å²) in [5.74, 6) is -0.802. The van der Waals surface area contributed by atoms with Gasteiger partial charge in [-0.3, -0.25) is 19.7 Å². The number of primary amides is 1. The molecule has 0 aromatic heterocycles. The van der Waals surface area contributed by atoms with Crippen molar-refractivity contribution in [3.05, 3.63) is 35.9 Å². The maximum absolute atomic E-state index is 12.5. The minimum atomic E-state index is -1.29. The predicted molar refractivity (Wildman–Crippen MR) is 110 cm³/mol. The van der Waals surface area contributed by atoms with E-state index in [0.717, 1.165) is 12.0 Å². The Morgan fingerprint density at radius 1 is 1.11 bits per heavy atom. The molecule has 2 atom stereocenters. The van der Waals surface area contributed by atoms with E-state index < -0.39 is 11.6 Å². The van der Waals surface area contributed by atoms with Crippen molar-refractivity contribution in [2.24, 2.45) is 5.73 Å². The lowest BCUT2D eigenvalue weighted by atomic mass is 9.96.